The maximum atomic E-state index is 11.7. The number of hydrogen-bond acceptors (Lipinski definition) is 3. The van der Waals surface area contributed by atoms with Crippen LogP contribution in [0.5, 0.6) is 11.5 Å². The summed E-state index contributed by atoms with van der Waals surface area (Å²) in [6, 6.07) is 1.82. The Morgan fingerprint density at radius 1 is 1.38 bits per heavy atom. The lowest BCUT2D eigenvalue weighted by Gasteiger charge is -2.37. The summed E-state index contributed by atoms with van der Waals surface area (Å²) in [5, 5.41) is 20.2. The zero-order valence-corrected chi connectivity index (χ0v) is 15.8. The number of aromatic carboxylic acids is 1. The molecule has 0 bridgehead atoms. The summed E-state index contributed by atoms with van der Waals surface area (Å²) in [5.41, 5.74) is 2.07. The Balaban J connectivity index is 1.96. The van der Waals surface area contributed by atoms with Gasteiger partial charge in [-0.15, -0.1) is 0 Å². The standard InChI is InChI=1S/C22H28O4/c1-4-5-6-7-15-13-18-17(20(23)19(15)21(24)25)10-11-22(3,26-18)16-9-8-14(2)12-16/h8,10-11,13,16,23H,4-7,9,12H2,1-3H3,(H,24,25). The summed E-state index contributed by atoms with van der Waals surface area (Å²) in [7, 11) is 0. The minimum atomic E-state index is -1.09. The molecule has 1 aromatic carbocycles. The second kappa shape index (κ2) is 7.18. The van der Waals surface area contributed by atoms with Crippen LogP contribution in [0, 0.1) is 5.92 Å². The Bertz CT molecular complexity index is 775. The van der Waals surface area contributed by atoms with Crippen molar-refractivity contribution >= 4 is 12.0 Å². The molecular weight excluding hydrogens is 328 g/mol. The van der Waals surface area contributed by atoms with Gasteiger partial charge in [0.25, 0.3) is 0 Å². The van der Waals surface area contributed by atoms with E-state index in [1.807, 2.05) is 18.2 Å². The Labute approximate surface area is 155 Å². The zero-order valence-electron chi connectivity index (χ0n) is 15.8. The van der Waals surface area contributed by atoms with Crippen LogP contribution >= 0.6 is 0 Å². The van der Waals surface area contributed by atoms with E-state index in [0.29, 0.717) is 29.2 Å². The molecule has 0 amide bonds. The number of hydrogen-bond donors (Lipinski definition) is 2. The highest BCUT2D eigenvalue weighted by Gasteiger charge is 2.39. The lowest BCUT2D eigenvalue weighted by molar-refractivity contribution is 0.0688. The first-order chi connectivity index (χ1) is 12.4. The van der Waals surface area contributed by atoms with E-state index in [0.717, 1.165) is 32.1 Å². The zero-order chi connectivity index (χ0) is 18.9. The van der Waals surface area contributed by atoms with Crippen molar-refractivity contribution in [2.75, 3.05) is 0 Å². The van der Waals surface area contributed by atoms with E-state index < -0.39 is 11.6 Å². The lowest BCUT2D eigenvalue weighted by atomic mass is 9.83. The molecule has 0 saturated heterocycles. The number of carboxylic acid groups (broad SMARTS) is 1. The maximum absolute atomic E-state index is 11.7. The van der Waals surface area contributed by atoms with E-state index in [1.165, 1.54) is 5.57 Å². The van der Waals surface area contributed by atoms with Crippen LogP contribution < -0.4 is 4.74 Å². The van der Waals surface area contributed by atoms with Crippen molar-refractivity contribution in [3.05, 3.63) is 40.5 Å². The van der Waals surface area contributed by atoms with Crippen molar-refractivity contribution < 1.29 is 19.7 Å². The third kappa shape index (κ3) is 3.37. The van der Waals surface area contributed by atoms with Gasteiger partial charge in [-0.2, -0.15) is 0 Å². The molecule has 0 radical (unpaired) electrons. The molecule has 3 rings (SSSR count). The second-order valence-corrected chi connectivity index (χ2v) is 7.74. The number of aryl methyl sites for hydroxylation is 1. The molecule has 1 aliphatic heterocycles. The number of benzene rings is 1. The van der Waals surface area contributed by atoms with Gasteiger partial charge in [-0.3, -0.25) is 0 Å². The molecule has 2 N–H and O–H groups in total. The van der Waals surface area contributed by atoms with Crippen molar-refractivity contribution in [3.8, 4) is 11.5 Å². The van der Waals surface area contributed by atoms with Crippen molar-refractivity contribution in [2.24, 2.45) is 5.92 Å². The number of allylic oxidation sites excluding steroid dienone is 2. The molecule has 0 spiro atoms. The number of unbranched alkanes of at least 4 members (excludes halogenated alkanes) is 2. The van der Waals surface area contributed by atoms with Gasteiger partial charge < -0.3 is 14.9 Å². The molecule has 1 aromatic rings. The first kappa shape index (κ1) is 18.6. The van der Waals surface area contributed by atoms with Crippen molar-refractivity contribution in [1.82, 2.24) is 0 Å². The number of rotatable bonds is 6. The molecule has 140 valence electrons. The number of carboxylic acids is 1. The van der Waals surface area contributed by atoms with Gasteiger partial charge in [0.05, 0.1) is 5.56 Å². The van der Waals surface area contributed by atoms with Crippen LogP contribution in [0.4, 0.5) is 0 Å². The first-order valence-corrected chi connectivity index (χ1v) is 9.51. The third-order valence-corrected chi connectivity index (χ3v) is 5.69. The molecule has 2 unspecified atom stereocenters. The van der Waals surface area contributed by atoms with Gasteiger partial charge in [0.2, 0.25) is 0 Å². The predicted molar refractivity (Wildman–Crippen MR) is 103 cm³/mol. The molecular formula is C22H28O4. The first-order valence-electron chi connectivity index (χ1n) is 9.51. The summed E-state index contributed by atoms with van der Waals surface area (Å²) in [6.07, 6.45) is 11.6. The van der Waals surface area contributed by atoms with Crippen LogP contribution in [0.3, 0.4) is 0 Å². The van der Waals surface area contributed by atoms with Crippen LogP contribution in [-0.4, -0.2) is 21.8 Å². The normalized spacial score (nSPS) is 24.1. The highest BCUT2D eigenvalue weighted by Crippen LogP contribution is 2.45. The lowest BCUT2D eigenvalue weighted by Crippen LogP contribution is -2.39. The highest BCUT2D eigenvalue weighted by atomic mass is 16.5. The Hall–Kier alpha value is -2.23. The van der Waals surface area contributed by atoms with Crippen LogP contribution in [-0.2, 0) is 6.42 Å². The maximum Gasteiger partial charge on any atom is 0.339 e. The van der Waals surface area contributed by atoms with Crippen LogP contribution in [0.15, 0.2) is 23.8 Å². The van der Waals surface area contributed by atoms with E-state index >= 15 is 0 Å². The van der Waals surface area contributed by atoms with E-state index in [1.54, 1.807) is 0 Å². The largest absolute Gasteiger partial charge is 0.506 e. The van der Waals surface area contributed by atoms with Gasteiger partial charge in [-0.05, 0) is 63.3 Å². The fraction of sp³-hybridized carbons (Fsp3) is 0.500. The van der Waals surface area contributed by atoms with E-state index in [4.69, 9.17) is 4.74 Å². The number of aromatic hydroxyl groups is 1. The van der Waals surface area contributed by atoms with Gasteiger partial charge in [0.1, 0.15) is 22.7 Å². The number of fused-ring (bicyclic) bond motifs is 1. The SMILES string of the molecule is CCCCCc1cc2c(c(O)c1C(=O)O)C=CC(C)(C1CC=C(C)C1)O2. The van der Waals surface area contributed by atoms with Crippen LogP contribution in [0.2, 0.25) is 0 Å². The molecule has 2 atom stereocenters. The number of ether oxygens (including phenoxy) is 1. The minimum absolute atomic E-state index is 0.00934. The average Bonchev–Trinajstić information content (AvgIpc) is 3.02. The molecule has 0 fully saturated rings. The molecule has 0 aromatic heterocycles. The van der Waals surface area contributed by atoms with Crippen molar-refractivity contribution in [2.45, 2.75) is 64.9 Å². The molecule has 1 aliphatic carbocycles. The van der Waals surface area contributed by atoms with Crippen molar-refractivity contribution in [1.29, 1.82) is 0 Å². The summed E-state index contributed by atoms with van der Waals surface area (Å²) < 4.78 is 6.34. The van der Waals surface area contributed by atoms with Crippen molar-refractivity contribution in [3.63, 3.8) is 0 Å². The quantitative estimate of drug-likeness (QED) is 0.533. The Kier molecular flexibility index (Phi) is 5.12. The third-order valence-electron chi connectivity index (χ3n) is 5.69. The van der Waals surface area contributed by atoms with Crippen LogP contribution in [0.25, 0.3) is 6.08 Å². The molecule has 1 heterocycles. The number of phenols is 1. The predicted octanol–water partition coefficient (Wildman–Crippen LogP) is 5.34. The molecule has 4 heteroatoms. The summed E-state index contributed by atoms with van der Waals surface area (Å²) in [6.45, 7) is 6.32. The Morgan fingerprint density at radius 2 is 2.15 bits per heavy atom. The highest BCUT2D eigenvalue weighted by molar-refractivity contribution is 5.95. The summed E-state index contributed by atoms with van der Waals surface area (Å²) in [5.74, 6) is -0.319. The fourth-order valence-electron chi connectivity index (χ4n) is 4.03. The Morgan fingerprint density at radius 3 is 2.77 bits per heavy atom. The average molecular weight is 356 g/mol. The van der Waals surface area contributed by atoms with E-state index in [-0.39, 0.29) is 11.3 Å². The van der Waals surface area contributed by atoms with Gasteiger partial charge >= 0.3 is 5.97 Å². The molecule has 26 heavy (non-hydrogen) atoms. The van der Waals surface area contributed by atoms with E-state index in [9.17, 15) is 15.0 Å². The van der Waals surface area contributed by atoms with Gasteiger partial charge in [-0.25, -0.2) is 4.79 Å². The van der Waals surface area contributed by atoms with Gasteiger partial charge in [-0.1, -0.05) is 31.4 Å². The molecule has 4 nitrogen and oxygen atoms in total. The number of carbonyl (C=O) groups is 1. The minimum Gasteiger partial charge on any atom is -0.506 e. The topological polar surface area (TPSA) is 66.8 Å². The second-order valence-electron chi connectivity index (χ2n) is 7.74. The fourth-order valence-corrected chi connectivity index (χ4v) is 4.03. The van der Waals surface area contributed by atoms with Gasteiger partial charge in [0, 0.05) is 5.92 Å². The molecule has 2 aliphatic rings. The molecule has 0 saturated carbocycles. The summed E-state index contributed by atoms with van der Waals surface area (Å²) >= 11 is 0. The summed E-state index contributed by atoms with van der Waals surface area (Å²) in [4.78, 5) is 11.7. The van der Waals surface area contributed by atoms with Crippen LogP contribution in [0.1, 0.15) is 74.4 Å². The van der Waals surface area contributed by atoms with E-state index in [2.05, 4.69) is 26.8 Å². The monoisotopic (exact) mass is 356 g/mol. The smallest absolute Gasteiger partial charge is 0.339 e. The van der Waals surface area contributed by atoms with Gasteiger partial charge in [0.15, 0.2) is 0 Å².